The SMILES string of the molecule is FC(F)(F)c1ccnc(N/N=C/c2ccc(CNc3ncccn3)cc2)n1. The van der Waals surface area contributed by atoms with Gasteiger partial charge < -0.3 is 5.32 Å². The molecule has 0 saturated heterocycles. The van der Waals surface area contributed by atoms with Crippen LogP contribution in [0.1, 0.15) is 16.8 Å². The molecule has 0 unspecified atom stereocenters. The average molecular weight is 373 g/mol. The van der Waals surface area contributed by atoms with Crippen LogP contribution in [0.3, 0.4) is 0 Å². The minimum Gasteiger partial charge on any atom is -0.350 e. The fourth-order valence-electron chi connectivity index (χ4n) is 2.03. The van der Waals surface area contributed by atoms with Crippen molar-refractivity contribution < 1.29 is 13.2 Å². The van der Waals surface area contributed by atoms with Crippen molar-refractivity contribution in [2.24, 2.45) is 5.10 Å². The molecular formula is C17H14F3N7. The van der Waals surface area contributed by atoms with Crippen molar-refractivity contribution >= 4 is 18.1 Å². The molecule has 10 heteroatoms. The first kappa shape index (κ1) is 18.2. The minimum atomic E-state index is -4.53. The van der Waals surface area contributed by atoms with E-state index in [1.54, 1.807) is 18.5 Å². The maximum Gasteiger partial charge on any atom is 0.433 e. The Morgan fingerprint density at radius 3 is 2.33 bits per heavy atom. The lowest BCUT2D eigenvalue weighted by Gasteiger charge is -2.06. The first-order valence-electron chi connectivity index (χ1n) is 7.80. The Morgan fingerprint density at radius 1 is 0.926 bits per heavy atom. The van der Waals surface area contributed by atoms with Crippen molar-refractivity contribution in [3.05, 3.63) is 71.8 Å². The highest BCUT2D eigenvalue weighted by molar-refractivity contribution is 5.80. The Balaban J connectivity index is 1.55. The largest absolute Gasteiger partial charge is 0.433 e. The first-order chi connectivity index (χ1) is 13.0. The third-order valence-electron chi connectivity index (χ3n) is 3.32. The molecule has 0 fully saturated rings. The van der Waals surface area contributed by atoms with Gasteiger partial charge in [0.1, 0.15) is 5.69 Å². The van der Waals surface area contributed by atoms with Gasteiger partial charge in [-0.1, -0.05) is 24.3 Å². The van der Waals surface area contributed by atoms with Gasteiger partial charge in [-0.05, 0) is 23.3 Å². The smallest absolute Gasteiger partial charge is 0.350 e. The summed E-state index contributed by atoms with van der Waals surface area (Å²) in [5.41, 5.74) is 3.12. The number of alkyl halides is 3. The molecule has 3 rings (SSSR count). The topological polar surface area (TPSA) is 88.0 Å². The van der Waals surface area contributed by atoms with Crippen LogP contribution in [0.15, 0.2) is 60.1 Å². The summed E-state index contributed by atoms with van der Waals surface area (Å²) in [5.74, 6) is 0.304. The van der Waals surface area contributed by atoms with Crippen molar-refractivity contribution in [2.75, 3.05) is 10.7 Å². The van der Waals surface area contributed by atoms with Crippen molar-refractivity contribution in [2.45, 2.75) is 12.7 Å². The van der Waals surface area contributed by atoms with Gasteiger partial charge in [0.15, 0.2) is 0 Å². The summed E-state index contributed by atoms with van der Waals surface area (Å²) >= 11 is 0. The summed E-state index contributed by atoms with van der Waals surface area (Å²) < 4.78 is 37.8. The molecule has 0 spiro atoms. The van der Waals surface area contributed by atoms with Crippen LogP contribution in [0, 0.1) is 0 Å². The second-order valence-corrected chi connectivity index (χ2v) is 5.30. The van der Waals surface area contributed by atoms with Crippen LogP contribution in [-0.2, 0) is 12.7 Å². The molecule has 0 aliphatic carbocycles. The number of halogens is 3. The summed E-state index contributed by atoms with van der Waals surface area (Å²) in [5, 5.41) is 6.94. The number of benzene rings is 1. The number of anilines is 2. The summed E-state index contributed by atoms with van der Waals surface area (Å²) in [6.07, 6.45) is 1.25. The number of nitrogens with zero attached hydrogens (tertiary/aromatic N) is 5. The van der Waals surface area contributed by atoms with Crippen LogP contribution < -0.4 is 10.7 Å². The molecule has 2 N–H and O–H groups in total. The van der Waals surface area contributed by atoms with E-state index in [4.69, 9.17) is 0 Å². The van der Waals surface area contributed by atoms with Crippen molar-refractivity contribution in [1.82, 2.24) is 19.9 Å². The van der Waals surface area contributed by atoms with Gasteiger partial charge in [0.2, 0.25) is 11.9 Å². The second-order valence-electron chi connectivity index (χ2n) is 5.30. The second kappa shape index (κ2) is 8.21. The van der Waals surface area contributed by atoms with Crippen molar-refractivity contribution in [3.63, 3.8) is 0 Å². The lowest BCUT2D eigenvalue weighted by molar-refractivity contribution is -0.141. The quantitative estimate of drug-likeness (QED) is 0.509. The molecule has 0 saturated carbocycles. The normalized spacial score (nSPS) is 11.5. The fourth-order valence-corrected chi connectivity index (χ4v) is 2.03. The van der Waals surface area contributed by atoms with Crippen LogP contribution in [0.25, 0.3) is 0 Å². The van der Waals surface area contributed by atoms with Gasteiger partial charge >= 0.3 is 6.18 Å². The van der Waals surface area contributed by atoms with Gasteiger partial charge in [-0.25, -0.2) is 25.4 Å². The predicted molar refractivity (Wildman–Crippen MR) is 94.1 cm³/mol. The lowest BCUT2D eigenvalue weighted by atomic mass is 10.1. The molecule has 0 amide bonds. The highest BCUT2D eigenvalue weighted by Gasteiger charge is 2.32. The van der Waals surface area contributed by atoms with E-state index in [1.807, 2.05) is 24.3 Å². The highest BCUT2D eigenvalue weighted by Crippen LogP contribution is 2.27. The molecule has 138 valence electrons. The number of hydrogen-bond donors (Lipinski definition) is 2. The van der Waals surface area contributed by atoms with E-state index in [2.05, 4.69) is 35.8 Å². The molecule has 0 atom stereocenters. The zero-order valence-corrected chi connectivity index (χ0v) is 13.9. The van der Waals surface area contributed by atoms with Crippen LogP contribution >= 0.6 is 0 Å². The summed E-state index contributed by atoms with van der Waals surface area (Å²) in [6, 6.07) is 9.94. The standard InChI is InChI=1S/C17H14F3N7/c18-17(19,20)14-6-9-23-16(26-14)27-25-11-13-4-2-12(3-5-13)10-24-15-21-7-1-8-22-15/h1-9,11H,10H2,(H,21,22,24)(H,23,26,27)/b25-11+. The Labute approximate surface area is 152 Å². The third kappa shape index (κ3) is 5.46. The zero-order valence-electron chi connectivity index (χ0n) is 13.9. The van der Waals surface area contributed by atoms with Crippen LogP contribution in [0.4, 0.5) is 25.1 Å². The van der Waals surface area contributed by atoms with Crippen molar-refractivity contribution in [1.29, 1.82) is 0 Å². The molecule has 7 nitrogen and oxygen atoms in total. The highest BCUT2D eigenvalue weighted by atomic mass is 19.4. The van der Waals surface area contributed by atoms with E-state index in [9.17, 15) is 13.2 Å². The molecular weight excluding hydrogens is 359 g/mol. The molecule has 0 radical (unpaired) electrons. The van der Waals surface area contributed by atoms with Crippen LogP contribution in [-0.4, -0.2) is 26.2 Å². The molecule has 0 bridgehead atoms. The van der Waals surface area contributed by atoms with Gasteiger partial charge in [0.05, 0.1) is 6.21 Å². The third-order valence-corrected chi connectivity index (χ3v) is 3.32. The summed E-state index contributed by atoms with van der Waals surface area (Å²) in [6.45, 7) is 0.553. The zero-order chi connectivity index (χ0) is 19.1. The summed E-state index contributed by atoms with van der Waals surface area (Å²) in [7, 11) is 0. The Bertz CT molecular complexity index is 896. The van der Waals surface area contributed by atoms with E-state index < -0.39 is 11.9 Å². The fraction of sp³-hybridized carbons (Fsp3) is 0.118. The lowest BCUT2D eigenvalue weighted by Crippen LogP contribution is -2.09. The number of hydrogen-bond acceptors (Lipinski definition) is 7. The monoisotopic (exact) mass is 373 g/mol. The number of rotatable bonds is 6. The Morgan fingerprint density at radius 2 is 1.63 bits per heavy atom. The molecule has 2 heterocycles. The van der Waals surface area contributed by atoms with E-state index in [0.717, 1.165) is 23.4 Å². The molecule has 27 heavy (non-hydrogen) atoms. The van der Waals surface area contributed by atoms with E-state index in [1.165, 1.54) is 6.21 Å². The summed E-state index contributed by atoms with van der Waals surface area (Å²) in [4.78, 5) is 15.2. The average Bonchev–Trinajstić information content (AvgIpc) is 2.68. The van der Waals surface area contributed by atoms with E-state index in [0.29, 0.717) is 12.5 Å². The molecule has 2 aromatic heterocycles. The first-order valence-corrected chi connectivity index (χ1v) is 7.80. The molecule has 0 aliphatic rings. The molecule has 3 aromatic rings. The maximum atomic E-state index is 12.6. The number of hydrazone groups is 1. The maximum absolute atomic E-state index is 12.6. The van der Waals surface area contributed by atoms with Crippen molar-refractivity contribution in [3.8, 4) is 0 Å². The van der Waals surface area contributed by atoms with Crippen LogP contribution in [0.2, 0.25) is 0 Å². The van der Waals surface area contributed by atoms with E-state index >= 15 is 0 Å². The van der Waals surface area contributed by atoms with Crippen LogP contribution in [0.5, 0.6) is 0 Å². The Kier molecular flexibility index (Phi) is 5.55. The van der Waals surface area contributed by atoms with Gasteiger partial charge in [-0.3, -0.25) is 0 Å². The predicted octanol–water partition coefficient (Wildman–Crippen LogP) is 3.34. The number of aromatic nitrogens is 4. The van der Waals surface area contributed by atoms with Gasteiger partial charge in [0.25, 0.3) is 0 Å². The molecule has 0 aliphatic heterocycles. The van der Waals surface area contributed by atoms with Gasteiger partial charge in [-0.2, -0.15) is 18.3 Å². The Hall–Kier alpha value is -3.56. The van der Waals surface area contributed by atoms with E-state index in [-0.39, 0.29) is 5.95 Å². The minimum absolute atomic E-state index is 0.232. The van der Waals surface area contributed by atoms with Gasteiger partial charge in [0, 0.05) is 25.1 Å². The molecule has 1 aromatic carbocycles. The van der Waals surface area contributed by atoms with Gasteiger partial charge in [-0.15, -0.1) is 0 Å². The number of nitrogens with one attached hydrogen (secondary N) is 2.